The molecule has 1 amide bonds. The molecule has 142 valence electrons. The highest BCUT2D eigenvalue weighted by molar-refractivity contribution is 5.94. The Balaban J connectivity index is 1.23. The summed E-state index contributed by atoms with van der Waals surface area (Å²) in [4.78, 5) is 18.5. The van der Waals surface area contributed by atoms with E-state index in [4.69, 9.17) is 0 Å². The Morgan fingerprint density at radius 1 is 1.07 bits per heavy atom. The SMILES string of the molecule is O=C(Nc1cccc(N2CCC(NCCc3ccncc3)CC2)c1)C1CC1. The number of pyridine rings is 1. The summed E-state index contributed by atoms with van der Waals surface area (Å²) >= 11 is 0. The molecule has 0 spiro atoms. The molecular formula is C22H28N4O. The Morgan fingerprint density at radius 2 is 1.85 bits per heavy atom. The lowest BCUT2D eigenvalue weighted by Crippen LogP contribution is -2.43. The highest BCUT2D eigenvalue weighted by Crippen LogP contribution is 2.31. The lowest BCUT2D eigenvalue weighted by molar-refractivity contribution is -0.117. The van der Waals surface area contributed by atoms with E-state index >= 15 is 0 Å². The largest absolute Gasteiger partial charge is 0.371 e. The molecule has 2 aromatic rings. The number of nitrogens with zero attached hydrogens (tertiary/aromatic N) is 2. The Bertz CT molecular complexity index is 752. The minimum atomic E-state index is 0.171. The van der Waals surface area contributed by atoms with Crippen molar-refractivity contribution in [2.24, 2.45) is 5.92 Å². The third-order valence-electron chi connectivity index (χ3n) is 5.52. The lowest BCUT2D eigenvalue weighted by atomic mass is 10.0. The van der Waals surface area contributed by atoms with E-state index in [0.29, 0.717) is 6.04 Å². The maximum absolute atomic E-state index is 12.0. The van der Waals surface area contributed by atoms with Gasteiger partial charge in [0, 0.05) is 48.8 Å². The van der Waals surface area contributed by atoms with Crippen molar-refractivity contribution in [2.45, 2.75) is 38.1 Å². The van der Waals surface area contributed by atoms with Gasteiger partial charge in [0.15, 0.2) is 0 Å². The highest BCUT2D eigenvalue weighted by Gasteiger charge is 2.29. The molecule has 1 aromatic carbocycles. The fourth-order valence-corrected chi connectivity index (χ4v) is 3.68. The van der Waals surface area contributed by atoms with Crippen LogP contribution < -0.4 is 15.5 Å². The zero-order valence-corrected chi connectivity index (χ0v) is 15.7. The minimum absolute atomic E-state index is 0.171. The number of hydrogen-bond donors (Lipinski definition) is 2. The van der Waals surface area contributed by atoms with Gasteiger partial charge in [0.1, 0.15) is 0 Å². The van der Waals surface area contributed by atoms with Crippen LogP contribution in [0.5, 0.6) is 0 Å². The normalized spacial score (nSPS) is 17.7. The molecule has 0 atom stereocenters. The fourth-order valence-electron chi connectivity index (χ4n) is 3.68. The first-order chi connectivity index (χ1) is 13.3. The number of carbonyl (C=O) groups excluding carboxylic acids is 1. The van der Waals surface area contributed by atoms with Crippen LogP contribution in [0.4, 0.5) is 11.4 Å². The molecule has 1 saturated carbocycles. The topological polar surface area (TPSA) is 57.3 Å². The third kappa shape index (κ3) is 5.07. The van der Waals surface area contributed by atoms with E-state index in [2.05, 4.69) is 44.8 Å². The summed E-state index contributed by atoms with van der Waals surface area (Å²) in [5.41, 5.74) is 3.46. The van der Waals surface area contributed by atoms with Crippen molar-refractivity contribution in [3.05, 3.63) is 54.4 Å². The van der Waals surface area contributed by atoms with Gasteiger partial charge >= 0.3 is 0 Å². The van der Waals surface area contributed by atoms with E-state index in [9.17, 15) is 4.79 Å². The van der Waals surface area contributed by atoms with E-state index in [-0.39, 0.29) is 11.8 Å². The molecule has 2 heterocycles. The van der Waals surface area contributed by atoms with Crippen LogP contribution in [-0.2, 0) is 11.2 Å². The second kappa shape index (κ2) is 8.53. The monoisotopic (exact) mass is 364 g/mol. The van der Waals surface area contributed by atoms with Crippen LogP contribution in [0.15, 0.2) is 48.8 Å². The summed E-state index contributed by atoms with van der Waals surface area (Å²) in [7, 11) is 0. The Hall–Kier alpha value is -2.40. The van der Waals surface area contributed by atoms with E-state index in [1.165, 1.54) is 11.3 Å². The summed E-state index contributed by atoms with van der Waals surface area (Å²) in [5.74, 6) is 0.409. The minimum Gasteiger partial charge on any atom is -0.371 e. The van der Waals surface area contributed by atoms with Gasteiger partial charge in [-0.2, -0.15) is 0 Å². The van der Waals surface area contributed by atoms with Crippen molar-refractivity contribution < 1.29 is 4.79 Å². The molecular weight excluding hydrogens is 336 g/mol. The number of anilines is 2. The van der Waals surface area contributed by atoms with E-state index in [1.807, 2.05) is 24.5 Å². The van der Waals surface area contributed by atoms with Gasteiger partial charge in [0.05, 0.1) is 0 Å². The average Bonchev–Trinajstić information content (AvgIpc) is 3.55. The summed E-state index contributed by atoms with van der Waals surface area (Å²) in [6.45, 7) is 3.11. The second-order valence-corrected chi connectivity index (χ2v) is 7.63. The standard InChI is InChI=1S/C22H28N4O/c27-22(18-4-5-18)25-20-2-1-3-21(16-20)26-14-9-19(10-15-26)24-13-8-17-6-11-23-12-7-17/h1-3,6-7,11-12,16,18-19,24H,4-5,8-10,13-15H2,(H,25,27). The molecule has 0 bridgehead atoms. The van der Waals surface area contributed by atoms with Crippen LogP contribution in [-0.4, -0.2) is 36.6 Å². The van der Waals surface area contributed by atoms with Gasteiger partial charge in [-0.1, -0.05) is 6.07 Å². The summed E-state index contributed by atoms with van der Waals surface area (Å²) in [6, 6.07) is 13.0. The second-order valence-electron chi connectivity index (χ2n) is 7.63. The number of aromatic nitrogens is 1. The number of carbonyl (C=O) groups is 1. The van der Waals surface area contributed by atoms with Gasteiger partial charge in [-0.15, -0.1) is 0 Å². The fraction of sp³-hybridized carbons (Fsp3) is 0.455. The molecule has 0 unspecified atom stereocenters. The van der Waals surface area contributed by atoms with Gasteiger partial charge in [-0.05, 0) is 74.5 Å². The number of rotatable bonds is 7. The third-order valence-corrected chi connectivity index (χ3v) is 5.52. The quantitative estimate of drug-likeness (QED) is 0.792. The van der Waals surface area contributed by atoms with Gasteiger partial charge in [0.2, 0.25) is 5.91 Å². The number of hydrogen-bond acceptors (Lipinski definition) is 4. The van der Waals surface area contributed by atoms with Crippen LogP contribution in [0.1, 0.15) is 31.2 Å². The summed E-state index contributed by atoms with van der Waals surface area (Å²) < 4.78 is 0. The molecule has 2 fully saturated rings. The van der Waals surface area contributed by atoms with Crippen molar-refractivity contribution >= 4 is 17.3 Å². The molecule has 0 radical (unpaired) electrons. The van der Waals surface area contributed by atoms with Crippen LogP contribution in [0.25, 0.3) is 0 Å². The number of piperidine rings is 1. The van der Waals surface area contributed by atoms with Crippen LogP contribution in [0.3, 0.4) is 0 Å². The molecule has 1 saturated heterocycles. The van der Waals surface area contributed by atoms with Crippen LogP contribution >= 0.6 is 0 Å². The summed E-state index contributed by atoms with van der Waals surface area (Å²) in [5, 5.41) is 6.75. The molecule has 27 heavy (non-hydrogen) atoms. The summed E-state index contributed by atoms with van der Waals surface area (Å²) in [6.07, 6.45) is 9.12. The van der Waals surface area contributed by atoms with Gasteiger partial charge in [-0.25, -0.2) is 0 Å². The van der Waals surface area contributed by atoms with Gasteiger partial charge in [0.25, 0.3) is 0 Å². The number of benzene rings is 1. The number of nitrogens with one attached hydrogen (secondary N) is 2. The van der Waals surface area contributed by atoms with E-state index in [0.717, 1.165) is 57.4 Å². The van der Waals surface area contributed by atoms with E-state index in [1.54, 1.807) is 0 Å². The molecule has 2 N–H and O–H groups in total. The molecule has 4 rings (SSSR count). The maximum atomic E-state index is 12.0. The van der Waals surface area contributed by atoms with Crippen molar-refractivity contribution in [3.8, 4) is 0 Å². The molecule has 1 aromatic heterocycles. The van der Waals surface area contributed by atoms with Crippen LogP contribution in [0.2, 0.25) is 0 Å². The van der Waals surface area contributed by atoms with Crippen molar-refractivity contribution in [2.75, 3.05) is 29.9 Å². The lowest BCUT2D eigenvalue weighted by Gasteiger charge is -2.34. The zero-order valence-electron chi connectivity index (χ0n) is 15.7. The first-order valence-electron chi connectivity index (χ1n) is 10.1. The van der Waals surface area contributed by atoms with Gasteiger partial charge < -0.3 is 15.5 Å². The van der Waals surface area contributed by atoms with E-state index < -0.39 is 0 Å². The first kappa shape index (κ1) is 18.0. The average molecular weight is 364 g/mol. The van der Waals surface area contributed by atoms with Crippen molar-refractivity contribution in [1.82, 2.24) is 10.3 Å². The predicted octanol–water partition coefficient (Wildman–Crippen LogP) is 3.23. The molecule has 5 nitrogen and oxygen atoms in total. The molecule has 5 heteroatoms. The Kier molecular flexibility index (Phi) is 5.68. The van der Waals surface area contributed by atoms with Gasteiger partial charge in [-0.3, -0.25) is 9.78 Å². The predicted molar refractivity (Wildman–Crippen MR) is 109 cm³/mol. The molecule has 1 aliphatic carbocycles. The zero-order chi connectivity index (χ0) is 18.5. The Morgan fingerprint density at radius 3 is 2.59 bits per heavy atom. The smallest absolute Gasteiger partial charge is 0.227 e. The van der Waals surface area contributed by atoms with Crippen LogP contribution in [0, 0.1) is 5.92 Å². The number of amides is 1. The Labute approximate surface area is 161 Å². The highest BCUT2D eigenvalue weighted by atomic mass is 16.2. The van der Waals surface area contributed by atoms with Crippen molar-refractivity contribution in [1.29, 1.82) is 0 Å². The molecule has 1 aliphatic heterocycles. The maximum Gasteiger partial charge on any atom is 0.227 e. The van der Waals surface area contributed by atoms with Crippen molar-refractivity contribution in [3.63, 3.8) is 0 Å². The first-order valence-corrected chi connectivity index (χ1v) is 10.1. The molecule has 2 aliphatic rings.